The highest BCUT2D eigenvalue weighted by Gasteiger charge is 2.29. The maximum absolute atomic E-state index is 12.4. The van der Waals surface area contributed by atoms with Crippen LogP contribution in [0.5, 0.6) is 0 Å². The van der Waals surface area contributed by atoms with Gasteiger partial charge in [-0.15, -0.1) is 0 Å². The molecule has 0 radical (unpaired) electrons. The number of amides is 1. The first-order chi connectivity index (χ1) is 11.8. The third-order valence-electron chi connectivity index (χ3n) is 3.91. The Balaban J connectivity index is 1.96. The molecule has 1 fully saturated rings. The number of benzene rings is 1. The van der Waals surface area contributed by atoms with Gasteiger partial charge in [0.15, 0.2) is 9.84 Å². The molecule has 1 aromatic rings. The van der Waals surface area contributed by atoms with Gasteiger partial charge in [0.05, 0.1) is 17.3 Å². The van der Waals surface area contributed by atoms with Crippen LogP contribution in [0.4, 0.5) is 0 Å². The highest BCUT2D eigenvalue weighted by atomic mass is 35.5. The number of hydrogen-bond donors (Lipinski definition) is 0. The van der Waals surface area contributed by atoms with Gasteiger partial charge in [0.2, 0.25) is 5.91 Å². The van der Waals surface area contributed by atoms with E-state index in [2.05, 4.69) is 0 Å². The molecule has 0 aromatic heterocycles. The van der Waals surface area contributed by atoms with Crippen LogP contribution in [0.1, 0.15) is 26.2 Å². The fraction of sp³-hybridized carbons (Fsp3) is 0.529. The molecule has 138 valence electrons. The summed E-state index contributed by atoms with van der Waals surface area (Å²) in [5.74, 6) is -0.738. The average molecular weight is 388 g/mol. The Morgan fingerprint density at radius 3 is 2.44 bits per heavy atom. The fourth-order valence-electron chi connectivity index (χ4n) is 2.37. The molecule has 1 aromatic carbocycles. The number of sulfone groups is 1. The highest BCUT2D eigenvalue weighted by Crippen LogP contribution is 2.30. The van der Waals surface area contributed by atoms with Crippen molar-refractivity contribution < 1.29 is 22.7 Å². The van der Waals surface area contributed by atoms with E-state index >= 15 is 0 Å². The van der Waals surface area contributed by atoms with Crippen molar-refractivity contribution in [1.29, 1.82) is 0 Å². The van der Waals surface area contributed by atoms with Gasteiger partial charge in [-0.2, -0.15) is 0 Å². The van der Waals surface area contributed by atoms with Crippen LogP contribution in [-0.4, -0.2) is 50.6 Å². The zero-order chi connectivity index (χ0) is 18.4. The Labute approximate surface area is 153 Å². The summed E-state index contributed by atoms with van der Waals surface area (Å²) >= 11 is 5.76. The van der Waals surface area contributed by atoms with Gasteiger partial charge < -0.3 is 9.64 Å². The van der Waals surface area contributed by atoms with Crippen molar-refractivity contribution >= 4 is 33.3 Å². The number of esters is 1. The largest absolute Gasteiger partial charge is 0.465 e. The quantitative estimate of drug-likeness (QED) is 0.607. The summed E-state index contributed by atoms with van der Waals surface area (Å²) in [4.78, 5) is 25.6. The van der Waals surface area contributed by atoms with Crippen molar-refractivity contribution in [3.8, 4) is 0 Å². The molecular weight excluding hydrogens is 366 g/mol. The lowest BCUT2D eigenvalue weighted by molar-refractivity contribution is -0.149. The molecule has 1 aliphatic rings. The van der Waals surface area contributed by atoms with E-state index < -0.39 is 15.8 Å². The van der Waals surface area contributed by atoms with E-state index in [1.54, 1.807) is 6.92 Å². The number of hydrogen-bond acceptors (Lipinski definition) is 5. The highest BCUT2D eigenvalue weighted by molar-refractivity contribution is 7.91. The van der Waals surface area contributed by atoms with E-state index in [1.807, 2.05) is 0 Å². The Hall–Kier alpha value is -1.60. The third kappa shape index (κ3) is 6.32. The second-order valence-corrected chi connectivity index (χ2v) is 8.59. The van der Waals surface area contributed by atoms with Gasteiger partial charge in [-0.05, 0) is 49.9 Å². The number of ether oxygens (including phenoxy) is 1. The van der Waals surface area contributed by atoms with Crippen LogP contribution >= 0.6 is 11.6 Å². The lowest BCUT2D eigenvalue weighted by atomic mass is 10.3. The van der Waals surface area contributed by atoms with Gasteiger partial charge in [0.1, 0.15) is 6.54 Å². The minimum atomic E-state index is -3.58. The second kappa shape index (κ2) is 8.67. The lowest BCUT2D eigenvalue weighted by Gasteiger charge is -2.21. The SMILES string of the molecule is CCOC(=O)CN(CC1CC1)C(=O)CCS(=O)(=O)c1ccc(Cl)cc1. The average Bonchev–Trinajstić information content (AvgIpc) is 3.37. The van der Waals surface area contributed by atoms with Gasteiger partial charge in [-0.1, -0.05) is 11.6 Å². The molecule has 0 spiro atoms. The predicted octanol–water partition coefficient (Wildman–Crippen LogP) is 2.31. The molecule has 0 bridgehead atoms. The molecule has 1 amide bonds. The molecular formula is C17H22ClNO5S. The molecule has 0 saturated heterocycles. The smallest absolute Gasteiger partial charge is 0.325 e. The molecule has 0 heterocycles. The zero-order valence-electron chi connectivity index (χ0n) is 14.1. The van der Waals surface area contributed by atoms with Crippen molar-refractivity contribution in [2.24, 2.45) is 5.92 Å². The molecule has 8 heteroatoms. The Morgan fingerprint density at radius 2 is 1.88 bits per heavy atom. The van der Waals surface area contributed by atoms with Crippen molar-refractivity contribution in [3.05, 3.63) is 29.3 Å². The van der Waals surface area contributed by atoms with Gasteiger partial charge in [0.25, 0.3) is 0 Å². The molecule has 0 unspecified atom stereocenters. The summed E-state index contributed by atoms with van der Waals surface area (Å²) in [6.45, 7) is 2.28. The zero-order valence-corrected chi connectivity index (χ0v) is 15.7. The Bertz CT molecular complexity index is 713. The predicted molar refractivity (Wildman–Crippen MR) is 94.1 cm³/mol. The summed E-state index contributed by atoms with van der Waals surface area (Å²) in [5, 5.41) is 0.445. The van der Waals surface area contributed by atoms with Gasteiger partial charge >= 0.3 is 5.97 Å². The van der Waals surface area contributed by atoms with E-state index in [0.29, 0.717) is 17.5 Å². The first-order valence-corrected chi connectivity index (χ1v) is 10.3. The number of nitrogens with zero attached hydrogens (tertiary/aromatic N) is 1. The van der Waals surface area contributed by atoms with E-state index in [9.17, 15) is 18.0 Å². The standard InChI is InChI=1S/C17H22ClNO5S/c1-2-24-17(21)12-19(11-13-3-4-13)16(20)9-10-25(22,23)15-7-5-14(18)6-8-15/h5-8,13H,2-4,9-12H2,1H3. The fourth-order valence-corrected chi connectivity index (χ4v) is 3.72. The van der Waals surface area contributed by atoms with E-state index in [4.69, 9.17) is 16.3 Å². The van der Waals surface area contributed by atoms with Crippen molar-refractivity contribution in [2.45, 2.75) is 31.1 Å². The van der Waals surface area contributed by atoms with Crippen molar-refractivity contribution in [3.63, 3.8) is 0 Å². The maximum Gasteiger partial charge on any atom is 0.325 e. The Kier molecular flexibility index (Phi) is 6.84. The summed E-state index contributed by atoms with van der Waals surface area (Å²) < 4.78 is 29.5. The molecule has 6 nitrogen and oxygen atoms in total. The summed E-state index contributed by atoms with van der Waals surface area (Å²) in [6.07, 6.45) is 1.88. The molecule has 1 aliphatic carbocycles. The van der Waals surface area contributed by atoms with Gasteiger partial charge in [-0.3, -0.25) is 9.59 Å². The Morgan fingerprint density at radius 1 is 1.24 bits per heavy atom. The normalized spacial score (nSPS) is 14.2. The number of carbonyl (C=O) groups excluding carboxylic acids is 2. The minimum absolute atomic E-state index is 0.129. The topological polar surface area (TPSA) is 80.8 Å². The monoisotopic (exact) mass is 387 g/mol. The van der Waals surface area contributed by atoms with Gasteiger partial charge in [-0.25, -0.2) is 8.42 Å². The molecule has 1 saturated carbocycles. The van der Waals surface area contributed by atoms with Crippen LogP contribution < -0.4 is 0 Å². The first kappa shape index (κ1) is 19.7. The van der Waals surface area contributed by atoms with Crippen molar-refractivity contribution in [1.82, 2.24) is 4.90 Å². The summed E-state index contributed by atoms with van der Waals surface area (Å²) in [6, 6.07) is 5.83. The number of carbonyl (C=O) groups is 2. The van der Waals surface area contributed by atoms with E-state index in [1.165, 1.54) is 29.2 Å². The van der Waals surface area contributed by atoms with Gasteiger partial charge in [0, 0.05) is 18.0 Å². The van der Waals surface area contributed by atoms with Crippen molar-refractivity contribution in [2.75, 3.05) is 25.4 Å². The lowest BCUT2D eigenvalue weighted by Crippen LogP contribution is -2.38. The summed E-state index contributed by atoms with van der Waals surface area (Å²) in [5.41, 5.74) is 0. The summed E-state index contributed by atoms with van der Waals surface area (Å²) in [7, 11) is -3.58. The molecule has 0 N–H and O–H groups in total. The van der Waals surface area contributed by atoms with Crippen LogP contribution in [0.25, 0.3) is 0 Å². The first-order valence-electron chi connectivity index (χ1n) is 8.23. The molecule has 25 heavy (non-hydrogen) atoms. The number of rotatable bonds is 9. The molecule has 0 aliphatic heterocycles. The maximum atomic E-state index is 12.4. The number of halogens is 1. The molecule has 2 rings (SSSR count). The van der Waals surface area contributed by atoms with Crippen LogP contribution in [0.15, 0.2) is 29.2 Å². The molecule has 0 atom stereocenters. The van der Waals surface area contributed by atoms with Crippen LogP contribution in [0.2, 0.25) is 5.02 Å². The second-order valence-electron chi connectivity index (χ2n) is 6.05. The van der Waals surface area contributed by atoms with E-state index in [0.717, 1.165) is 12.8 Å². The van der Waals surface area contributed by atoms with Crippen LogP contribution in [0.3, 0.4) is 0 Å². The third-order valence-corrected chi connectivity index (χ3v) is 5.89. The van der Waals surface area contributed by atoms with E-state index in [-0.39, 0.29) is 36.1 Å². The van der Waals surface area contributed by atoms with Crippen LogP contribution in [0, 0.1) is 5.92 Å². The van der Waals surface area contributed by atoms with Crippen LogP contribution in [-0.2, 0) is 24.2 Å². The minimum Gasteiger partial charge on any atom is -0.465 e.